The summed E-state index contributed by atoms with van der Waals surface area (Å²) in [6.07, 6.45) is 10.1. The second kappa shape index (κ2) is 8.77. The van der Waals surface area contributed by atoms with Gasteiger partial charge in [0.25, 0.3) is 0 Å². The summed E-state index contributed by atoms with van der Waals surface area (Å²) < 4.78 is 5.65. The molecular weight excluding hydrogens is 198 g/mol. The highest BCUT2D eigenvalue weighted by atomic mass is 16.5. The fourth-order valence-corrected chi connectivity index (χ4v) is 2.26. The first-order chi connectivity index (χ1) is 7.86. The van der Waals surface area contributed by atoms with Gasteiger partial charge in [0.05, 0.1) is 6.61 Å². The van der Waals surface area contributed by atoms with E-state index in [4.69, 9.17) is 4.74 Å². The minimum atomic E-state index is 0.515. The van der Waals surface area contributed by atoms with Gasteiger partial charge in [0, 0.05) is 12.6 Å². The second-order valence-corrected chi connectivity index (χ2v) is 4.64. The lowest BCUT2D eigenvalue weighted by atomic mass is 9.94. The molecule has 1 N–H and O–H groups in total. The maximum atomic E-state index is 5.65. The zero-order valence-corrected chi connectivity index (χ0v) is 10.9. The molecule has 16 heavy (non-hydrogen) atoms. The van der Waals surface area contributed by atoms with Gasteiger partial charge < -0.3 is 10.1 Å². The summed E-state index contributed by atoms with van der Waals surface area (Å²) in [5, 5.41) is 3.52. The van der Waals surface area contributed by atoms with Gasteiger partial charge in [0.15, 0.2) is 0 Å². The summed E-state index contributed by atoms with van der Waals surface area (Å²) in [6, 6.07) is 0.515. The van der Waals surface area contributed by atoms with Crippen LogP contribution in [-0.4, -0.2) is 25.8 Å². The van der Waals surface area contributed by atoms with E-state index in [2.05, 4.69) is 25.2 Å². The van der Waals surface area contributed by atoms with E-state index in [1.54, 1.807) is 5.57 Å². The molecule has 0 amide bonds. The molecule has 0 spiro atoms. The van der Waals surface area contributed by atoms with Crippen LogP contribution in [0.3, 0.4) is 0 Å². The Morgan fingerprint density at radius 2 is 2.25 bits per heavy atom. The van der Waals surface area contributed by atoms with E-state index in [9.17, 15) is 0 Å². The SMILES string of the molecule is CCCOCC(CC1=CCCCC1)NCC. The molecule has 2 heteroatoms. The van der Waals surface area contributed by atoms with Gasteiger partial charge in [-0.25, -0.2) is 0 Å². The molecule has 1 atom stereocenters. The monoisotopic (exact) mass is 225 g/mol. The molecule has 0 saturated heterocycles. The third-order valence-electron chi connectivity index (χ3n) is 3.05. The Balaban J connectivity index is 2.28. The van der Waals surface area contributed by atoms with Gasteiger partial charge in [-0.2, -0.15) is 0 Å². The largest absolute Gasteiger partial charge is 0.380 e. The third kappa shape index (κ3) is 5.66. The van der Waals surface area contributed by atoms with Gasteiger partial charge in [0.2, 0.25) is 0 Å². The first-order valence-corrected chi connectivity index (χ1v) is 6.85. The van der Waals surface area contributed by atoms with E-state index >= 15 is 0 Å². The van der Waals surface area contributed by atoms with Crippen LogP contribution in [0.4, 0.5) is 0 Å². The van der Waals surface area contributed by atoms with Gasteiger partial charge in [-0.3, -0.25) is 0 Å². The van der Waals surface area contributed by atoms with Crippen LogP contribution in [0.2, 0.25) is 0 Å². The van der Waals surface area contributed by atoms with Crippen molar-refractivity contribution in [1.29, 1.82) is 0 Å². The van der Waals surface area contributed by atoms with E-state index in [-0.39, 0.29) is 0 Å². The van der Waals surface area contributed by atoms with Gasteiger partial charge in [0.1, 0.15) is 0 Å². The maximum absolute atomic E-state index is 5.65. The lowest BCUT2D eigenvalue weighted by molar-refractivity contribution is 0.112. The molecule has 1 rings (SSSR count). The zero-order valence-electron chi connectivity index (χ0n) is 10.9. The van der Waals surface area contributed by atoms with Crippen LogP contribution < -0.4 is 5.32 Å². The van der Waals surface area contributed by atoms with Crippen LogP contribution in [0.5, 0.6) is 0 Å². The van der Waals surface area contributed by atoms with Crippen molar-refractivity contribution < 1.29 is 4.74 Å². The first kappa shape index (κ1) is 13.7. The Hall–Kier alpha value is -0.340. The molecule has 0 bridgehead atoms. The molecule has 0 aromatic heterocycles. The Morgan fingerprint density at radius 3 is 2.88 bits per heavy atom. The second-order valence-electron chi connectivity index (χ2n) is 4.64. The van der Waals surface area contributed by atoms with Gasteiger partial charge in [-0.05, 0) is 45.1 Å². The van der Waals surface area contributed by atoms with E-state index < -0.39 is 0 Å². The van der Waals surface area contributed by atoms with Crippen molar-refractivity contribution in [3.63, 3.8) is 0 Å². The van der Waals surface area contributed by atoms with Crippen molar-refractivity contribution in [3.05, 3.63) is 11.6 Å². The summed E-state index contributed by atoms with van der Waals surface area (Å²) in [4.78, 5) is 0. The van der Waals surface area contributed by atoms with E-state index in [1.165, 1.54) is 32.1 Å². The molecular formula is C14H27NO. The van der Waals surface area contributed by atoms with Gasteiger partial charge in [-0.15, -0.1) is 0 Å². The lowest BCUT2D eigenvalue weighted by Crippen LogP contribution is -2.34. The number of rotatable bonds is 8. The Kier molecular flexibility index (Phi) is 7.52. The Labute approximate surface area is 100 Å². The van der Waals surface area contributed by atoms with Crippen molar-refractivity contribution in [1.82, 2.24) is 5.32 Å². The van der Waals surface area contributed by atoms with Crippen molar-refractivity contribution >= 4 is 0 Å². The summed E-state index contributed by atoms with van der Waals surface area (Å²) >= 11 is 0. The van der Waals surface area contributed by atoms with Crippen LogP contribution in [0.15, 0.2) is 11.6 Å². The van der Waals surface area contributed by atoms with Crippen LogP contribution in [0, 0.1) is 0 Å². The van der Waals surface area contributed by atoms with E-state index in [0.29, 0.717) is 6.04 Å². The number of hydrogen-bond acceptors (Lipinski definition) is 2. The normalized spacial score (nSPS) is 18.2. The fraction of sp³-hybridized carbons (Fsp3) is 0.857. The quantitative estimate of drug-likeness (QED) is 0.505. The van der Waals surface area contributed by atoms with Crippen LogP contribution in [-0.2, 0) is 4.74 Å². The number of allylic oxidation sites excluding steroid dienone is 1. The minimum absolute atomic E-state index is 0.515. The molecule has 0 saturated carbocycles. The molecule has 0 aromatic rings. The summed E-state index contributed by atoms with van der Waals surface area (Å²) in [7, 11) is 0. The van der Waals surface area contributed by atoms with Crippen molar-refractivity contribution in [2.24, 2.45) is 0 Å². The molecule has 1 aliphatic carbocycles. The standard InChI is InChI=1S/C14H27NO/c1-3-10-16-12-14(15-4-2)11-13-8-6-5-7-9-13/h8,14-15H,3-7,9-12H2,1-2H3. The molecule has 0 radical (unpaired) electrons. The van der Waals surface area contributed by atoms with Gasteiger partial charge >= 0.3 is 0 Å². The van der Waals surface area contributed by atoms with Crippen molar-refractivity contribution in [3.8, 4) is 0 Å². The molecule has 2 nitrogen and oxygen atoms in total. The summed E-state index contributed by atoms with van der Waals surface area (Å²) in [5.41, 5.74) is 1.64. The number of ether oxygens (including phenoxy) is 1. The Morgan fingerprint density at radius 1 is 1.38 bits per heavy atom. The third-order valence-corrected chi connectivity index (χ3v) is 3.05. The van der Waals surface area contributed by atoms with Crippen molar-refractivity contribution in [2.75, 3.05) is 19.8 Å². The first-order valence-electron chi connectivity index (χ1n) is 6.85. The van der Waals surface area contributed by atoms with E-state index in [1.807, 2.05) is 0 Å². The average Bonchev–Trinajstić information content (AvgIpc) is 2.31. The molecule has 94 valence electrons. The predicted molar refractivity (Wildman–Crippen MR) is 69.7 cm³/mol. The number of nitrogens with one attached hydrogen (secondary N) is 1. The Bertz CT molecular complexity index is 201. The summed E-state index contributed by atoms with van der Waals surface area (Å²) in [6.45, 7) is 7.11. The number of hydrogen-bond donors (Lipinski definition) is 1. The molecule has 0 fully saturated rings. The highest BCUT2D eigenvalue weighted by Gasteiger charge is 2.11. The fourth-order valence-electron chi connectivity index (χ4n) is 2.26. The van der Waals surface area contributed by atoms with Crippen LogP contribution >= 0.6 is 0 Å². The highest BCUT2D eigenvalue weighted by molar-refractivity contribution is 5.07. The molecule has 0 aromatic carbocycles. The highest BCUT2D eigenvalue weighted by Crippen LogP contribution is 2.21. The minimum Gasteiger partial charge on any atom is -0.380 e. The predicted octanol–water partition coefficient (Wildman–Crippen LogP) is 3.28. The lowest BCUT2D eigenvalue weighted by Gasteiger charge is -2.21. The topological polar surface area (TPSA) is 21.3 Å². The van der Waals surface area contributed by atoms with Crippen LogP contribution in [0.1, 0.15) is 52.4 Å². The molecule has 0 aliphatic heterocycles. The molecule has 0 heterocycles. The van der Waals surface area contributed by atoms with Crippen LogP contribution in [0.25, 0.3) is 0 Å². The average molecular weight is 225 g/mol. The maximum Gasteiger partial charge on any atom is 0.0622 e. The molecule has 1 unspecified atom stereocenters. The van der Waals surface area contributed by atoms with Crippen molar-refractivity contribution in [2.45, 2.75) is 58.4 Å². The smallest absolute Gasteiger partial charge is 0.0622 e. The number of likely N-dealkylation sites (N-methyl/N-ethyl adjacent to an activating group) is 1. The zero-order chi connectivity index (χ0) is 11.6. The molecule has 1 aliphatic rings. The van der Waals surface area contributed by atoms with Gasteiger partial charge in [-0.1, -0.05) is 25.5 Å². The summed E-state index contributed by atoms with van der Waals surface area (Å²) in [5.74, 6) is 0. The van der Waals surface area contributed by atoms with E-state index in [0.717, 1.165) is 26.2 Å².